The molecule has 2 aromatic carbocycles. The smallest absolute Gasteiger partial charge is 0.258 e. The van der Waals surface area contributed by atoms with Gasteiger partial charge < -0.3 is 14.6 Å². The normalized spacial score (nSPS) is 16.4. The van der Waals surface area contributed by atoms with Crippen molar-refractivity contribution in [3.63, 3.8) is 0 Å². The quantitative estimate of drug-likeness (QED) is 0.637. The standard InChI is InChI=1S/C23H22FN3O3/c24-17-6-3-5-16(13-17)10-11-22(28)27(14-18-7-4-12-30-18)15-21-25-20-9-2-1-8-19(20)23(29)26-21/h1-3,5-6,8-11,13,18H,4,7,12,14-15H2,(H,25,26,29)/b11-10+/t18-/m1/s1. The van der Waals surface area contributed by atoms with Crippen molar-refractivity contribution in [2.75, 3.05) is 13.2 Å². The van der Waals surface area contributed by atoms with Crippen LogP contribution in [-0.4, -0.2) is 40.0 Å². The Kier molecular flexibility index (Phi) is 5.99. The number of ether oxygens (including phenoxy) is 1. The van der Waals surface area contributed by atoms with Crippen LogP contribution in [0.15, 0.2) is 59.4 Å². The van der Waals surface area contributed by atoms with Crippen LogP contribution >= 0.6 is 0 Å². The lowest BCUT2D eigenvalue weighted by Gasteiger charge is -2.24. The lowest BCUT2D eigenvalue weighted by Crippen LogP contribution is -2.36. The minimum atomic E-state index is -0.362. The number of hydrogen-bond donors (Lipinski definition) is 1. The van der Waals surface area contributed by atoms with E-state index in [1.807, 2.05) is 6.07 Å². The molecule has 1 fully saturated rings. The van der Waals surface area contributed by atoms with Gasteiger partial charge in [-0.15, -0.1) is 0 Å². The van der Waals surface area contributed by atoms with E-state index in [0.717, 1.165) is 12.8 Å². The van der Waals surface area contributed by atoms with E-state index >= 15 is 0 Å². The summed E-state index contributed by atoms with van der Waals surface area (Å²) in [4.78, 5) is 34.1. The molecule has 1 saturated heterocycles. The monoisotopic (exact) mass is 407 g/mol. The maximum Gasteiger partial charge on any atom is 0.258 e. The molecule has 1 aliphatic rings. The van der Waals surface area contributed by atoms with Crippen molar-refractivity contribution in [3.05, 3.63) is 82.2 Å². The molecule has 4 rings (SSSR count). The average molecular weight is 407 g/mol. The zero-order valence-corrected chi connectivity index (χ0v) is 16.4. The van der Waals surface area contributed by atoms with E-state index in [9.17, 15) is 14.0 Å². The number of rotatable bonds is 6. The molecule has 0 saturated carbocycles. The molecule has 7 heteroatoms. The Morgan fingerprint density at radius 2 is 2.13 bits per heavy atom. The molecule has 3 aromatic rings. The molecule has 6 nitrogen and oxygen atoms in total. The van der Waals surface area contributed by atoms with Gasteiger partial charge in [-0.25, -0.2) is 9.37 Å². The average Bonchev–Trinajstić information content (AvgIpc) is 3.25. The van der Waals surface area contributed by atoms with Gasteiger partial charge in [-0.05, 0) is 48.7 Å². The number of fused-ring (bicyclic) bond motifs is 1. The fourth-order valence-corrected chi connectivity index (χ4v) is 3.54. The zero-order valence-electron chi connectivity index (χ0n) is 16.4. The van der Waals surface area contributed by atoms with Crippen LogP contribution in [0, 0.1) is 5.82 Å². The van der Waals surface area contributed by atoms with Gasteiger partial charge in [-0.3, -0.25) is 9.59 Å². The highest BCUT2D eigenvalue weighted by atomic mass is 19.1. The summed E-state index contributed by atoms with van der Waals surface area (Å²) in [6, 6.07) is 13.1. The number of hydrogen-bond acceptors (Lipinski definition) is 4. The second-order valence-corrected chi connectivity index (χ2v) is 7.27. The van der Waals surface area contributed by atoms with Gasteiger partial charge in [0, 0.05) is 19.2 Å². The summed E-state index contributed by atoms with van der Waals surface area (Å²) in [6.45, 7) is 1.21. The number of H-pyrrole nitrogens is 1. The Hall–Kier alpha value is -3.32. The molecule has 0 radical (unpaired) electrons. The van der Waals surface area contributed by atoms with Crippen molar-refractivity contribution in [1.82, 2.24) is 14.9 Å². The number of carbonyl (C=O) groups excluding carboxylic acids is 1. The van der Waals surface area contributed by atoms with Crippen LogP contribution in [0.2, 0.25) is 0 Å². The second-order valence-electron chi connectivity index (χ2n) is 7.27. The molecule has 1 atom stereocenters. The number of para-hydroxylation sites is 1. The number of benzene rings is 2. The summed E-state index contributed by atoms with van der Waals surface area (Å²) in [6.07, 6.45) is 4.76. The zero-order chi connectivity index (χ0) is 20.9. The Bertz CT molecular complexity index is 1140. The molecule has 0 spiro atoms. The summed E-state index contributed by atoms with van der Waals surface area (Å²) in [5, 5.41) is 0.504. The number of nitrogens with one attached hydrogen (secondary N) is 1. The van der Waals surface area contributed by atoms with Crippen molar-refractivity contribution < 1.29 is 13.9 Å². The molecular weight excluding hydrogens is 385 g/mol. The van der Waals surface area contributed by atoms with Crippen LogP contribution in [0.1, 0.15) is 24.2 Å². The summed E-state index contributed by atoms with van der Waals surface area (Å²) < 4.78 is 19.1. The molecule has 0 bridgehead atoms. The predicted octanol–water partition coefficient (Wildman–Crippen LogP) is 3.28. The molecule has 2 heterocycles. The molecule has 1 aliphatic heterocycles. The minimum absolute atomic E-state index is 0.0521. The van der Waals surface area contributed by atoms with Crippen LogP contribution < -0.4 is 5.56 Å². The number of nitrogens with zero attached hydrogens (tertiary/aromatic N) is 2. The van der Waals surface area contributed by atoms with Crippen LogP contribution in [0.3, 0.4) is 0 Å². The predicted molar refractivity (Wildman–Crippen MR) is 112 cm³/mol. The molecule has 30 heavy (non-hydrogen) atoms. The van der Waals surface area contributed by atoms with Gasteiger partial charge in [0.1, 0.15) is 11.6 Å². The Morgan fingerprint density at radius 1 is 1.27 bits per heavy atom. The summed E-state index contributed by atoms with van der Waals surface area (Å²) in [5.74, 6) is -0.214. The molecule has 1 aromatic heterocycles. The van der Waals surface area contributed by atoms with Gasteiger partial charge >= 0.3 is 0 Å². The highest BCUT2D eigenvalue weighted by Crippen LogP contribution is 2.16. The lowest BCUT2D eigenvalue weighted by atomic mass is 10.2. The van der Waals surface area contributed by atoms with Crippen LogP contribution in [0.4, 0.5) is 4.39 Å². The fourth-order valence-electron chi connectivity index (χ4n) is 3.54. The summed E-state index contributed by atoms with van der Waals surface area (Å²) in [7, 11) is 0. The molecule has 1 N–H and O–H groups in total. The molecule has 0 aliphatic carbocycles. The van der Waals surface area contributed by atoms with Crippen LogP contribution in [-0.2, 0) is 16.1 Å². The molecular formula is C23H22FN3O3. The Labute approximate surface area is 173 Å². The van der Waals surface area contributed by atoms with Crippen LogP contribution in [0.25, 0.3) is 17.0 Å². The number of halogens is 1. The first-order valence-electron chi connectivity index (χ1n) is 9.90. The topological polar surface area (TPSA) is 75.3 Å². The molecule has 154 valence electrons. The summed E-state index contributed by atoms with van der Waals surface area (Å²) >= 11 is 0. The van der Waals surface area contributed by atoms with E-state index in [1.54, 1.807) is 41.3 Å². The third kappa shape index (κ3) is 4.80. The maximum atomic E-state index is 13.4. The van der Waals surface area contributed by atoms with E-state index in [2.05, 4.69) is 9.97 Å². The van der Waals surface area contributed by atoms with Gasteiger partial charge in [0.05, 0.1) is 23.6 Å². The fraction of sp³-hybridized carbons (Fsp3) is 0.261. The number of amides is 1. The Morgan fingerprint density at radius 3 is 2.93 bits per heavy atom. The molecule has 1 amide bonds. The molecule has 0 unspecified atom stereocenters. The van der Waals surface area contributed by atoms with E-state index in [-0.39, 0.29) is 29.9 Å². The van der Waals surface area contributed by atoms with E-state index < -0.39 is 0 Å². The van der Waals surface area contributed by atoms with Crippen molar-refractivity contribution >= 4 is 22.9 Å². The largest absolute Gasteiger partial charge is 0.376 e. The van der Waals surface area contributed by atoms with Gasteiger partial charge in [0.25, 0.3) is 5.56 Å². The highest BCUT2D eigenvalue weighted by Gasteiger charge is 2.22. The van der Waals surface area contributed by atoms with Gasteiger partial charge in [0.15, 0.2) is 0 Å². The van der Waals surface area contributed by atoms with E-state index in [4.69, 9.17) is 4.74 Å². The third-order valence-electron chi connectivity index (χ3n) is 5.03. The van der Waals surface area contributed by atoms with Crippen LogP contribution in [0.5, 0.6) is 0 Å². The minimum Gasteiger partial charge on any atom is -0.376 e. The SMILES string of the molecule is O=C(/C=C/c1cccc(F)c1)N(Cc1nc2ccccc2c(=O)[nH]1)C[C@H]1CCCO1. The first-order valence-corrected chi connectivity index (χ1v) is 9.90. The van der Waals surface area contributed by atoms with E-state index in [1.165, 1.54) is 18.2 Å². The highest BCUT2D eigenvalue weighted by molar-refractivity contribution is 5.91. The first-order chi connectivity index (χ1) is 14.6. The van der Waals surface area contributed by atoms with Crippen molar-refractivity contribution in [2.24, 2.45) is 0 Å². The lowest BCUT2D eigenvalue weighted by molar-refractivity contribution is -0.128. The van der Waals surface area contributed by atoms with Crippen molar-refractivity contribution in [2.45, 2.75) is 25.5 Å². The number of aromatic nitrogens is 2. The van der Waals surface area contributed by atoms with E-state index in [0.29, 0.717) is 35.4 Å². The maximum absolute atomic E-state index is 13.4. The second kappa shape index (κ2) is 9.00. The van der Waals surface area contributed by atoms with Gasteiger partial charge in [0.2, 0.25) is 5.91 Å². The number of aromatic amines is 1. The first kappa shape index (κ1) is 20.0. The number of carbonyl (C=O) groups is 1. The Balaban J connectivity index is 1.57. The van der Waals surface area contributed by atoms with Crippen molar-refractivity contribution in [1.29, 1.82) is 0 Å². The van der Waals surface area contributed by atoms with Gasteiger partial charge in [-0.1, -0.05) is 24.3 Å². The van der Waals surface area contributed by atoms with Gasteiger partial charge in [-0.2, -0.15) is 0 Å². The third-order valence-corrected chi connectivity index (χ3v) is 5.03. The van der Waals surface area contributed by atoms with Crippen molar-refractivity contribution in [3.8, 4) is 0 Å². The summed E-state index contributed by atoms with van der Waals surface area (Å²) in [5.41, 5.74) is 0.934.